The van der Waals surface area contributed by atoms with Crippen molar-refractivity contribution in [3.8, 4) is 0 Å². The van der Waals surface area contributed by atoms with E-state index < -0.39 is 0 Å². The van der Waals surface area contributed by atoms with Gasteiger partial charge in [-0.3, -0.25) is 4.79 Å². The first-order chi connectivity index (χ1) is 9.68. The van der Waals surface area contributed by atoms with E-state index in [1.807, 2.05) is 29.7 Å². The van der Waals surface area contributed by atoms with Crippen LogP contribution in [-0.2, 0) is 19.4 Å². The maximum atomic E-state index is 12.6. The zero-order valence-corrected chi connectivity index (χ0v) is 12.3. The molecule has 20 heavy (non-hydrogen) atoms. The Balaban J connectivity index is 2.12. The number of pyridine rings is 1. The lowest BCUT2D eigenvalue weighted by Gasteiger charge is -2.23. The third kappa shape index (κ3) is 2.20. The summed E-state index contributed by atoms with van der Waals surface area (Å²) in [6.07, 6.45) is 4.66. The Kier molecular flexibility index (Phi) is 3.47. The number of hydrogen-bond acceptors (Lipinski definition) is 1. The summed E-state index contributed by atoms with van der Waals surface area (Å²) in [5, 5.41) is 0. The molecular weight excluding hydrogens is 246 g/mol. The Morgan fingerprint density at radius 3 is 2.35 bits per heavy atom. The van der Waals surface area contributed by atoms with Gasteiger partial charge in [-0.15, -0.1) is 0 Å². The van der Waals surface area contributed by atoms with Crippen LogP contribution in [-0.4, -0.2) is 4.57 Å². The van der Waals surface area contributed by atoms with Gasteiger partial charge in [-0.1, -0.05) is 30.3 Å². The van der Waals surface area contributed by atoms with Gasteiger partial charge in [0.15, 0.2) is 0 Å². The van der Waals surface area contributed by atoms with Crippen molar-refractivity contribution < 1.29 is 0 Å². The van der Waals surface area contributed by atoms with E-state index in [1.54, 1.807) is 0 Å². The highest BCUT2D eigenvalue weighted by Gasteiger charge is 2.19. The lowest BCUT2D eigenvalue weighted by Crippen LogP contribution is -2.29. The quantitative estimate of drug-likeness (QED) is 0.817. The molecule has 1 heterocycles. The highest BCUT2D eigenvalue weighted by atomic mass is 16.1. The SMILES string of the molecule is Cc1c2c(c(C)n(Cc3ccccc3)c1=O)CCCC2. The van der Waals surface area contributed by atoms with Crippen LogP contribution in [0.2, 0.25) is 0 Å². The van der Waals surface area contributed by atoms with E-state index in [0.29, 0.717) is 6.54 Å². The third-order valence-electron chi connectivity index (χ3n) is 4.51. The van der Waals surface area contributed by atoms with E-state index in [2.05, 4.69) is 19.1 Å². The molecule has 0 saturated heterocycles. The lowest BCUT2D eigenvalue weighted by molar-refractivity contribution is 0.635. The zero-order chi connectivity index (χ0) is 14.1. The maximum Gasteiger partial charge on any atom is 0.254 e. The van der Waals surface area contributed by atoms with Crippen molar-refractivity contribution in [3.63, 3.8) is 0 Å². The molecule has 1 aliphatic carbocycles. The van der Waals surface area contributed by atoms with E-state index in [0.717, 1.165) is 18.4 Å². The summed E-state index contributed by atoms with van der Waals surface area (Å²) in [7, 11) is 0. The maximum absolute atomic E-state index is 12.6. The van der Waals surface area contributed by atoms with Crippen LogP contribution in [0.15, 0.2) is 35.1 Å². The van der Waals surface area contributed by atoms with E-state index in [-0.39, 0.29) is 5.56 Å². The Hall–Kier alpha value is -1.83. The molecule has 0 unspecified atom stereocenters. The van der Waals surface area contributed by atoms with Gasteiger partial charge in [0.1, 0.15) is 0 Å². The van der Waals surface area contributed by atoms with Gasteiger partial charge in [0.05, 0.1) is 6.54 Å². The first-order valence-electron chi connectivity index (χ1n) is 7.44. The molecule has 2 nitrogen and oxygen atoms in total. The van der Waals surface area contributed by atoms with Gasteiger partial charge >= 0.3 is 0 Å². The summed E-state index contributed by atoms with van der Waals surface area (Å²) < 4.78 is 1.95. The molecule has 0 N–H and O–H groups in total. The molecule has 1 aromatic carbocycles. The van der Waals surface area contributed by atoms with Gasteiger partial charge in [-0.2, -0.15) is 0 Å². The predicted molar refractivity (Wildman–Crippen MR) is 82.4 cm³/mol. The van der Waals surface area contributed by atoms with E-state index >= 15 is 0 Å². The Bertz CT molecular complexity index is 683. The highest BCUT2D eigenvalue weighted by Crippen LogP contribution is 2.25. The fourth-order valence-electron chi connectivity index (χ4n) is 3.32. The van der Waals surface area contributed by atoms with Crippen molar-refractivity contribution in [2.75, 3.05) is 0 Å². The molecule has 3 rings (SSSR count). The van der Waals surface area contributed by atoms with Gasteiger partial charge in [-0.05, 0) is 56.2 Å². The Morgan fingerprint density at radius 2 is 1.65 bits per heavy atom. The molecule has 0 atom stereocenters. The monoisotopic (exact) mass is 267 g/mol. The minimum Gasteiger partial charge on any atom is -0.308 e. The summed E-state index contributed by atoms with van der Waals surface area (Å²) in [5.74, 6) is 0. The summed E-state index contributed by atoms with van der Waals surface area (Å²) in [6, 6.07) is 10.2. The number of nitrogens with zero attached hydrogens (tertiary/aromatic N) is 1. The number of rotatable bonds is 2. The standard InChI is InChI=1S/C18H21NO/c1-13-16-10-6-7-11-17(16)14(2)19(18(13)20)12-15-8-4-3-5-9-15/h3-5,8-9H,6-7,10-12H2,1-2H3. The normalized spacial score (nSPS) is 14.1. The van der Waals surface area contributed by atoms with Crippen molar-refractivity contribution in [2.45, 2.75) is 46.1 Å². The average Bonchev–Trinajstić information content (AvgIpc) is 2.50. The van der Waals surface area contributed by atoms with Crippen molar-refractivity contribution in [2.24, 2.45) is 0 Å². The summed E-state index contributed by atoms with van der Waals surface area (Å²) >= 11 is 0. The van der Waals surface area contributed by atoms with Crippen LogP contribution in [0, 0.1) is 13.8 Å². The van der Waals surface area contributed by atoms with Crippen LogP contribution in [0.5, 0.6) is 0 Å². The molecule has 0 aliphatic heterocycles. The average molecular weight is 267 g/mol. The fourth-order valence-corrected chi connectivity index (χ4v) is 3.32. The molecule has 0 radical (unpaired) electrons. The van der Waals surface area contributed by atoms with Gasteiger partial charge in [-0.25, -0.2) is 0 Å². The number of aromatic nitrogens is 1. The van der Waals surface area contributed by atoms with Gasteiger partial charge < -0.3 is 4.57 Å². The number of benzene rings is 1. The Labute approximate surface area is 120 Å². The van der Waals surface area contributed by atoms with Crippen LogP contribution < -0.4 is 5.56 Å². The first kappa shape index (κ1) is 13.2. The first-order valence-corrected chi connectivity index (χ1v) is 7.44. The van der Waals surface area contributed by atoms with E-state index in [9.17, 15) is 4.79 Å². The molecule has 0 bridgehead atoms. The molecule has 0 amide bonds. The smallest absolute Gasteiger partial charge is 0.254 e. The molecule has 2 heteroatoms. The second-order valence-corrected chi connectivity index (χ2v) is 5.75. The van der Waals surface area contributed by atoms with Crippen LogP contribution in [0.3, 0.4) is 0 Å². The van der Waals surface area contributed by atoms with Gasteiger partial charge in [0.25, 0.3) is 5.56 Å². The largest absolute Gasteiger partial charge is 0.308 e. The molecule has 0 saturated carbocycles. The molecule has 104 valence electrons. The zero-order valence-electron chi connectivity index (χ0n) is 12.3. The minimum absolute atomic E-state index is 0.187. The second kappa shape index (κ2) is 5.28. The molecular formula is C18H21NO. The second-order valence-electron chi connectivity index (χ2n) is 5.75. The molecule has 2 aromatic rings. The summed E-state index contributed by atoms with van der Waals surface area (Å²) in [6.45, 7) is 4.78. The summed E-state index contributed by atoms with van der Waals surface area (Å²) in [5.41, 5.74) is 6.24. The number of fused-ring (bicyclic) bond motifs is 1. The topological polar surface area (TPSA) is 22.0 Å². The lowest BCUT2D eigenvalue weighted by atomic mass is 9.88. The molecule has 1 aliphatic rings. The van der Waals surface area contributed by atoms with Crippen molar-refractivity contribution in [1.82, 2.24) is 4.57 Å². The third-order valence-corrected chi connectivity index (χ3v) is 4.51. The van der Waals surface area contributed by atoms with Crippen LogP contribution in [0.1, 0.15) is 40.8 Å². The van der Waals surface area contributed by atoms with E-state index in [1.165, 1.54) is 35.2 Å². The van der Waals surface area contributed by atoms with Gasteiger partial charge in [0, 0.05) is 11.3 Å². The fraction of sp³-hybridized carbons (Fsp3) is 0.389. The molecule has 0 spiro atoms. The van der Waals surface area contributed by atoms with Gasteiger partial charge in [0.2, 0.25) is 0 Å². The minimum atomic E-state index is 0.187. The molecule has 1 aromatic heterocycles. The predicted octanol–water partition coefficient (Wildman–Crippen LogP) is 3.39. The van der Waals surface area contributed by atoms with Crippen molar-refractivity contribution >= 4 is 0 Å². The van der Waals surface area contributed by atoms with Crippen LogP contribution in [0.25, 0.3) is 0 Å². The van der Waals surface area contributed by atoms with Crippen LogP contribution in [0.4, 0.5) is 0 Å². The van der Waals surface area contributed by atoms with Crippen molar-refractivity contribution in [3.05, 3.63) is 68.6 Å². The van der Waals surface area contributed by atoms with Crippen molar-refractivity contribution in [1.29, 1.82) is 0 Å². The molecule has 0 fully saturated rings. The highest BCUT2D eigenvalue weighted by molar-refractivity contribution is 5.38. The van der Waals surface area contributed by atoms with E-state index in [4.69, 9.17) is 0 Å². The van der Waals surface area contributed by atoms with Crippen LogP contribution >= 0.6 is 0 Å². The number of hydrogen-bond donors (Lipinski definition) is 0. The summed E-state index contributed by atoms with van der Waals surface area (Å²) in [4.78, 5) is 12.6. The Morgan fingerprint density at radius 1 is 1.00 bits per heavy atom.